The molecule has 0 saturated carbocycles. The Balaban J connectivity index is 4.17. The minimum atomic E-state index is -0.244. The van der Waals surface area contributed by atoms with Crippen molar-refractivity contribution in [3.8, 4) is 0 Å². The molecule has 0 aliphatic heterocycles. The van der Waals surface area contributed by atoms with Crippen LogP contribution in [0.5, 0.6) is 0 Å². The molecule has 0 aromatic carbocycles. The van der Waals surface area contributed by atoms with Crippen LogP contribution < -0.4 is 0 Å². The molecule has 0 aromatic heterocycles. The molecule has 0 aliphatic rings. The number of ether oxygens (including phenoxy) is 2. The summed E-state index contributed by atoms with van der Waals surface area (Å²) >= 11 is 0. The van der Waals surface area contributed by atoms with Crippen molar-refractivity contribution < 1.29 is 14.3 Å². The third-order valence-electron chi connectivity index (χ3n) is 2.06. The zero-order chi connectivity index (χ0) is 12.4. The first-order valence-corrected chi connectivity index (χ1v) is 5.96. The smallest absolute Gasteiger partial charge is 0.336 e. The van der Waals surface area contributed by atoms with Gasteiger partial charge in [-0.05, 0) is 12.3 Å². The highest BCUT2D eigenvalue weighted by Crippen LogP contribution is 2.06. The van der Waals surface area contributed by atoms with E-state index in [9.17, 15) is 4.79 Å². The molecular weight excluding hydrogens is 204 g/mol. The molecule has 0 N–H and O–H groups in total. The predicted molar refractivity (Wildman–Crippen MR) is 65.3 cm³/mol. The van der Waals surface area contributed by atoms with Crippen molar-refractivity contribution in [2.75, 3.05) is 20.3 Å². The van der Waals surface area contributed by atoms with Crippen molar-refractivity contribution in [1.29, 1.82) is 0 Å². The first-order valence-electron chi connectivity index (χ1n) is 5.96. The van der Waals surface area contributed by atoms with Gasteiger partial charge in [0.15, 0.2) is 0 Å². The fraction of sp³-hybridized carbons (Fsp3) is 0.769. The molecule has 0 saturated heterocycles. The molecule has 0 rings (SSSR count). The maximum atomic E-state index is 11.7. The second kappa shape index (κ2) is 9.40. The molecule has 3 nitrogen and oxygen atoms in total. The third kappa shape index (κ3) is 7.46. The average molecular weight is 228 g/mol. The Morgan fingerprint density at radius 2 is 2.06 bits per heavy atom. The zero-order valence-corrected chi connectivity index (χ0v) is 10.9. The molecule has 0 atom stereocenters. The summed E-state index contributed by atoms with van der Waals surface area (Å²) in [6.07, 6.45) is 5.05. The number of rotatable bonds is 8. The maximum Gasteiger partial charge on any atom is 0.336 e. The van der Waals surface area contributed by atoms with E-state index in [4.69, 9.17) is 9.47 Å². The van der Waals surface area contributed by atoms with Crippen LogP contribution in [0.3, 0.4) is 0 Å². The van der Waals surface area contributed by atoms with E-state index in [0.717, 1.165) is 19.3 Å². The van der Waals surface area contributed by atoms with E-state index in [1.54, 1.807) is 7.11 Å². The van der Waals surface area contributed by atoms with Crippen molar-refractivity contribution in [3.05, 3.63) is 11.6 Å². The quantitative estimate of drug-likeness (QED) is 0.364. The van der Waals surface area contributed by atoms with Crippen LogP contribution in [-0.2, 0) is 14.3 Å². The molecule has 0 fully saturated rings. The summed E-state index contributed by atoms with van der Waals surface area (Å²) in [6.45, 7) is 6.96. The number of allylic oxidation sites excluding steroid dienone is 1. The van der Waals surface area contributed by atoms with Crippen LogP contribution in [0.15, 0.2) is 11.6 Å². The van der Waals surface area contributed by atoms with E-state index in [2.05, 4.69) is 6.92 Å². The SMILES string of the molecule is CCCCC=C(COC)C(=O)OCC(C)C. The highest BCUT2D eigenvalue weighted by Gasteiger charge is 2.10. The standard InChI is InChI=1S/C13H24O3/c1-5-6-7-8-12(10-15-4)13(14)16-9-11(2)3/h8,11H,5-7,9-10H2,1-4H3. The molecule has 3 heteroatoms. The molecule has 94 valence electrons. The Morgan fingerprint density at radius 3 is 2.56 bits per heavy atom. The van der Waals surface area contributed by atoms with Crippen molar-refractivity contribution >= 4 is 5.97 Å². The van der Waals surface area contributed by atoms with E-state index in [1.165, 1.54) is 0 Å². The van der Waals surface area contributed by atoms with Crippen molar-refractivity contribution in [3.63, 3.8) is 0 Å². The van der Waals surface area contributed by atoms with E-state index < -0.39 is 0 Å². The largest absolute Gasteiger partial charge is 0.462 e. The predicted octanol–water partition coefficient (Wildman–Crippen LogP) is 2.95. The van der Waals surface area contributed by atoms with Gasteiger partial charge >= 0.3 is 5.97 Å². The number of carbonyl (C=O) groups is 1. The fourth-order valence-corrected chi connectivity index (χ4v) is 1.17. The lowest BCUT2D eigenvalue weighted by Gasteiger charge is -2.09. The van der Waals surface area contributed by atoms with Crippen LogP contribution in [0.25, 0.3) is 0 Å². The Labute approximate surface area is 98.8 Å². The van der Waals surface area contributed by atoms with Crippen molar-refractivity contribution in [2.24, 2.45) is 5.92 Å². The van der Waals surface area contributed by atoms with Gasteiger partial charge in [-0.25, -0.2) is 4.79 Å². The molecule has 0 spiro atoms. The van der Waals surface area contributed by atoms with Crippen molar-refractivity contribution in [1.82, 2.24) is 0 Å². The monoisotopic (exact) mass is 228 g/mol. The molecule has 0 radical (unpaired) electrons. The highest BCUT2D eigenvalue weighted by molar-refractivity contribution is 5.88. The van der Waals surface area contributed by atoms with Gasteiger partial charge in [0.25, 0.3) is 0 Å². The first kappa shape index (κ1) is 15.2. The van der Waals surface area contributed by atoms with E-state index in [0.29, 0.717) is 24.7 Å². The zero-order valence-electron chi connectivity index (χ0n) is 10.9. The Bertz CT molecular complexity index is 219. The summed E-state index contributed by atoms with van der Waals surface area (Å²) in [6, 6.07) is 0. The van der Waals surface area contributed by atoms with E-state index in [-0.39, 0.29) is 5.97 Å². The Kier molecular flexibility index (Phi) is 8.91. The summed E-state index contributed by atoms with van der Waals surface area (Å²) in [5.74, 6) is 0.120. The summed E-state index contributed by atoms with van der Waals surface area (Å²) in [7, 11) is 1.59. The number of methoxy groups -OCH3 is 1. The van der Waals surface area contributed by atoms with E-state index in [1.807, 2.05) is 19.9 Å². The van der Waals surface area contributed by atoms with Crippen LogP contribution >= 0.6 is 0 Å². The van der Waals surface area contributed by atoms with Gasteiger partial charge in [-0.15, -0.1) is 0 Å². The Morgan fingerprint density at radius 1 is 1.38 bits per heavy atom. The van der Waals surface area contributed by atoms with Gasteiger partial charge in [0, 0.05) is 7.11 Å². The topological polar surface area (TPSA) is 35.5 Å². The number of esters is 1. The summed E-state index contributed by atoms with van der Waals surface area (Å²) in [5, 5.41) is 0. The van der Waals surface area contributed by atoms with Gasteiger partial charge < -0.3 is 9.47 Å². The minimum Gasteiger partial charge on any atom is -0.462 e. The first-order chi connectivity index (χ1) is 7.61. The third-order valence-corrected chi connectivity index (χ3v) is 2.06. The molecule has 16 heavy (non-hydrogen) atoms. The molecule has 0 bridgehead atoms. The van der Waals surface area contributed by atoms with Gasteiger partial charge in [-0.1, -0.05) is 39.7 Å². The number of hydrogen-bond acceptors (Lipinski definition) is 3. The van der Waals surface area contributed by atoms with Gasteiger partial charge in [-0.3, -0.25) is 0 Å². The lowest BCUT2D eigenvalue weighted by atomic mass is 10.2. The molecule has 0 heterocycles. The normalized spacial score (nSPS) is 11.9. The fourth-order valence-electron chi connectivity index (χ4n) is 1.17. The van der Waals surface area contributed by atoms with Crippen LogP contribution in [-0.4, -0.2) is 26.3 Å². The van der Waals surface area contributed by atoms with Gasteiger partial charge in [0.1, 0.15) is 0 Å². The number of carbonyl (C=O) groups excluding carboxylic acids is 1. The highest BCUT2D eigenvalue weighted by atomic mass is 16.5. The van der Waals surface area contributed by atoms with Crippen LogP contribution in [0.2, 0.25) is 0 Å². The van der Waals surface area contributed by atoms with E-state index >= 15 is 0 Å². The van der Waals surface area contributed by atoms with Gasteiger partial charge in [0.2, 0.25) is 0 Å². The molecule has 0 amide bonds. The van der Waals surface area contributed by atoms with Crippen LogP contribution in [0, 0.1) is 5.92 Å². The maximum absolute atomic E-state index is 11.7. The summed E-state index contributed by atoms with van der Waals surface area (Å²) < 4.78 is 10.2. The second-order valence-corrected chi connectivity index (χ2v) is 4.30. The Hall–Kier alpha value is -0.830. The van der Waals surface area contributed by atoms with Crippen LogP contribution in [0.1, 0.15) is 40.0 Å². The molecule has 0 aliphatic carbocycles. The van der Waals surface area contributed by atoms with Crippen LogP contribution in [0.4, 0.5) is 0 Å². The summed E-state index contributed by atoms with van der Waals surface area (Å²) in [5.41, 5.74) is 0.636. The average Bonchev–Trinajstić information content (AvgIpc) is 2.25. The second-order valence-electron chi connectivity index (χ2n) is 4.30. The van der Waals surface area contributed by atoms with Crippen molar-refractivity contribution in [2.45, 2.75) is 40.0 Å². The molecule has 0 unspecified atom stereocenters. The number of hydrogen-bond donors (Lipinski definition) is 0. The molecular formula is C13H24O3. The molecule has 0 aromatic rings. The summed E-state index contributed by atoms with van der Waals surface area (Å²) in [4.78, 5) is 11.7. The lowest BCUT2D eigenvalue weighted by Crippen LogP contribution is -2.15. The van der Waals surface area contributed by atoms with Gasteiger partial charge in [-0.2, -0.15) is 0 Å². The minimum absolute atomic E-state index is 0.244. The lowest BCUT2D eigenvalue weighted by molar-refractivity contribution is -0.140. The number of unbranched alkanes of at least 4 members (excludes halogenated alkanes) is 2. The van der Waals surface area contributed by atoms with Gasteiger partial charge in [0.05, 0.1) is 18.8 Å².